The Morgan fingerprint density at radius 2 is 2.16 bits per heavy atom. The van der Waals surface area contributed by atoms with Crippen molar-refractivity contribution in [2.24, 2.45) is 5.92 Å². The van der Waals surface area contributed by atoms with Gasteiger partial charge in [0.25, 0.3) is 5.91 Å². The fraction of sp³-hybridized carbons (Fsp3) is 0.538. The predicted octanol–water partition coefficient (Wildman–Crippen LogP) is 2.21. The van der Waals surface area contributed by atoms with E-state index in [0.717, 1.165) is 17.4 Å². The van der Waals surface area contributed by atoms with Gasteiger partial charge < -0.3 is 14.6 Å². The van der Waals surface area contributed by atoms with Crippen LogP contribution < -0.4 is 0 Å². The van der Waals surface area contributed by atoms with Crippen molar-refractivity contribution >= 4 is 27.8 Å². The van der Waals surface area contributed by atoms with Crippen molar-refractivity contribution in [3.05, 3.63) is 22.4 Å². The molecule has 0 aromatic carbocycles. The summed E-state index contributed by atoms with van der Waals surface area (Å²) >= 11 is 3.39. The first kappa shape index (κ1) is 14.1. The Morgan fingerprint density at radius 1 is 1.47 bits per heavy atom. The van der Waals surface area contributed by atoms with E-state index in [9.17, 15) is 9.59 Å². The van der Waals surface area contributed by atoms with E-state index in [4.69, 9.17) is 5.11 Å². The lowest BCUT2D eigenvalue weighted by molar-refractivity contribution is -0.139. The fourth-order valence-electron chi connectivity index (χ4n) is 2.35. The maximum absolute atomic E-state index is 12.3. The van der Waals surface area contributed by atoms with Crippen LogP contribution in [0.15, 0.2) is 16.7 Å². The predicted molar refractivity (Wildman–Crippen MR) is 74.1 cm³/mol. The number of nitrogens with zero attached hydrogens (tertiary/aromatic N) is 2. The summed E-state index contributed by atoms with van der Waals surface area (Å²) in [6.45, 7) is 3.95. The summed E-state index contributed by atoms with van der Waals surface area (Å²) in [6.07, 6.45) is 3.01. The van der Waals surface area contributed by atoms with E-state index in [2.05, 4.69) is 22.9 Å². The van der Waals surface area contributed by atoms with Crippen LogP contribution in [-0.2, 0) is 11.3 Å². The molecule has 1 amide bonds. The highest BCUT2D eigenvalue weighted by molar-refractivity contribution is 9.10. The van der Waals surface area contributed by atoms with Crippen LogP contribution in [0.2, 0.25) is 0 Å². The molecular formula is C13H17BrN2O3. The first-order valence-electron chi connectivity index (χ1n) is 6.38. The van der Waals surface area contributed by atoms with Gasteiger partial charge in [-0.25, -0.2) is 0 Å². The molecule has 1 aromatic heterocycles. The molecule has 104 valence electrons. The van der Waals surface area contributed by atoms with Crippen LogP contribution in [0.1, 0.15) is 30.3 Å². The zero-order valence-electron chi connectivity index (χ0n) is 10.8. The lowest BCUT2D eigenvalue weighted by Gasteiger charge is -2.38. The van der Waals surface area contributed by atoms with Gasteiger partial charge in [0.15, 0.2) is 0 Å². The Morgan fingerprint density at radius 3 is 2.74 bits per heavy atom. The van der Waals surface area contributed by atoms with Gasteiger partial charge in [-0.3, -0.25) is 9.59 Å². The number of carboxylic acid groups (broad SMARTS) is 1. The molecule has 0 radical (unpaired) electrons. The molecule has 2 heterocycles. The number of aromatic nitrogens is 1. The van der Waals surface area contributed by atoms with Gasteiger partial charge in [0.1, 0.15) is 5.69 Å². The molecule has 1 aromatic rings. The second-order valence-electron chi connectivity index (χ2n) is 4.91. The fourth-order valence-corrected chi connectivity index (χ4v) is 2.82. The molecule has 5 nitrogen and oxygen atoms in total. The number of amides is 1. The maximum Gasteiger partial charge on any atom is 0.303 e. The minimum atomic E-state index is -0.797. The molecule has 6 heteroatoms. The van der Waals surface area contributed by atoms with Gasteiger partial charge in [-0.05, 0) is 28.4 Å². The quantitative estimate of drug-likeness (QED) is 0.901. The minimum Gasteiger partial charge on any atom is -0.481 e. The summed E-state index contributed by atoms with van der Waals surface area (Å²) in [5.74, 6) is -0.713. The number of carboxylic acids is 1. The minimum absolute atomic E-state index is 0.0132. The number of carbonyl (C=O) groups excluding carboxylic acids is 1. The van der Waals surface area contributed by atoms with E-state index in [1.807, 2.05) is 16.8 Å². The molecule has 0 unspecified atom stereocenters. The van der Waals surface area contributed by atoms with Gasteiger partial charge in [0.2, 0.25) is 0 Å². The van der Waals surface area contributed by atoms with Crippen molar-refractivity contribution < 1.29 is 14.7 Å². The zero-order chi connectivity index (χ0) is 14.0. The van der Waals surface area contributed by atoms with E-state index < -0.39 is 5.97 Å². The van der Waals surface area contributed by atoms with E-state index in [1.165, 1.54) is 0 Å². The van der Waals surface area contributed by atoms with Crippen molar-refractivity contribution in [2.45, 2.75) is 26.3 Å². The van der Waals surface area contributed by atoms with Gasteiger partial charge >= 0.3 is 5.97 Å². The molecule has 0 saturated carbocycles. The highest BCUT2D eigenvalue weighted by Gasteiger charge is 2.33. The smallest absolute Gasteiger partial charge is 0.303 e. The number of hydrogen-bond donors (Lipinski definition) is 1. The topological polar surface area (TPSA) is 62.5 Å². The van der Waals surface area contributed by atoms with Gasteiger partial charge in [0.05, 0.1) is 6.42 Å². The molecule has 0 aliphatic carbocycles. The molecular weight excluding hydrogens is 312 g/mol. The molecule has 0 atom stereocenters. The number of likely N-dealkylation sites (tertiary alicyclic amines) is 1. The largest absolute Gasteiger partial charge is 0.481 e. The van der Waals surface area contributed by atoms with E-state index in [0.29, 0.717) is 18.8 Å². The standard InChI is InChI=1S/C13H17BrN2O3/c1-2-3-15-8-10(14)5-11(15)13(19)16-6-9(7-16)4-12(17)18/h5,8-9H,2-4,6-7H2,1H3,(H,17,18). The van der Waals surface area contributed by atoms with Crippen LogP contribution in [0.5, 0.6) is 0 Å². The Balaban J connectivity index is 1.99. The van der Waals surface area contributed by atoms with Gasteiger partial charge in [-0.1, -0.05) is 6.92 Å². The molecule has 1 N–H and O–H groups in total. The number of halogens is 1. The van der Waals surface area contributed by atoms with Crippen LogP contribution in [-0.4, -0.2) is 39.5 Å². The highest BCUT2D eigenvalue weighted by Crippen LogP contribution is 2.24. The molecule has 2 rings (SSSR count). The normalized spacial score (nSPS) is 15.4. The molecule has 0 bridgehead atoms. The molecule has 0 spiro atoms. The third-order valence-electron chi connectivity index (χ3n) is 3.25. The number of aliphatic carboxylic acids is 1. The number of hydrogen-bond acceptors (Lipinski definition) is 2. The lowest BCUT2D eigenvalue weighted by Crippen LogP contribution is -2.51. The Hall–Kier alpha value is -1.30. The molecule has 1 aliphatic heterocycles. The highest BCUT2D eigenvalue weighted by atomic mass is 79.9. The Labute approximate surface area is 120 Å². The Kier molecular flexibility index (Phi) is 4.29. The number of aryl methyl sites for hydroxylation is 1. The van der Waals surface area contributed by atoms with Crippen LogP contribution in [0.3, 0.4) is 0 Å². The monoisotopic (exact) mass is 328 g/mol. The van der Waals surface area contributed by atoms with Crippen molar-refractivity contribution in [3.63, 3.8) is 0 Å². The second-order valence-corrected chi connectivity index (χ2v) is 5.83. The van der Waals surface area contributed by atoms with Crippen LogP contribution in [0, 0.1) is 5.92 Å². The lowest BCUT2D eigenvalue weighted by atomic mass is 9.96. The van der Waals surface area contributed by atoms with Gasteiger partial charge in [0, 0.05) is 36.2 Å². The molecule has 1 fully saturated rings. The van der Waals surface area contributed by atoms with Crippen LogP contribution >= 0.6 is 15.9 Å². The summed E-state index contributed by atoms with van der Waals surface area (Å²) < 4.78 is 2.84. The summed E-state index contributed by atoms with van der Waals surface area (Å²) in [6, 6.07) is 1.82. The zero-order valence-corrected chi connectivity index (χ0v) is 12.4. The second kappa shape index (κ2) is 5.77. The van der Waals surface area contributed by atoms with E-state index >= 15 is 0 Å². The molecule has 19 heavy (non-hydrogen) atoms. The third kappa shape index (κ3) is 3.18. The average Bonchev–Trinajstić information content (AvgIpc) is 2.64. The maximum atomic E-state index is 12.3. The van der Waals surface area contributed by atoms with Gasteiger partial charge in [-0.15, -0.1) is 0 Å². The average molecular weight is 329 g/mol. The summed E-state index contributed by atoms with van der Waals surface area (Å²) in [5.41, 5.74) is 0.669. The number of rotatable bonds is 5. The van der Waals surface area contributed by atoms with Crippen LogP contribution in [0.4, 0.5) is 0 Å². The van der Waals surface area contributed by atoms with E-state index in [1.54, 1.807) is 4.90 Å². The summed E-state index contributed by atoms with van der Waals surface area (Å²) in [4.78, 5) is 24.6. The van der Waals surface area contributed by atoms with E-state index in [-0.39, 0.29) is 18.2 Å². The molecule has 1 saturated heterocycles. The van der Waals surface area contributed by atoms with Crippen LogP contribution in [0.25, 0.3) is 0 Å². The van der Waals surface area contributed by atoms with Crippen molar-refractivity contribution in [3.8, 4) is 0 Å². The third-order valence-corrected chi connectivity index (χ3v) is 3.69. The number of carbonyl (C=O) groups is 2. The van der Waals surface area contributed by atoms with Crippen molar-refractivity contribution in [1.29, 1.82) is 0 Å². The SMILES string of the molecule is CCCn1cc(Br)cc1C(=O)N1CC(CC(=O)O)C1. The first-order valence-corrected chi connectivity index (χ1v) is 7.17. The summed E-state index contributed by atoms with van der Waals surface area (Å²) in [5, 5.41) is 8.69. The Bertz CT molecular complexity index is 492. The molecule has 1 aliphatic rings. The van der Waals surface area contributed by atoms with Crippen molar-refractivity contribution in [1.82, 2.24) is 9.47 Å². The summed E-state index contributed by atoms with van der Waals surface area (Å²) in [7, 11) is 0. The first-order chi connectivity index (χ1) is 9.01. The van der Waals surface area contributed by atoms with Crippen molar-refractivity contribution in [2.75, 3.05) is 13.1 Å². The van der Waals surface area contributed by atoms with Gasteiger partial charge in [-0.2, -0.15) is 0 Å².